The summed E-state index contributed by atoms with van der Waals surface area (Å²) in [4.78, 5) is 0. The van der Waals surface area contributed by atoms with Gasteiger partial charge in [0, 0.05) is 11.7 Å². The van der Waals surface area contributed by atoms with E-state index in [0.717, 1.165) is 5.69 Å². The highest BCUT2D eigenvalue weighted by atomic mass is 14.7. The maximum Gasteiger partial charge on any atom is 0.0324 e. The van der Waals surface area contributed by atoms with Crippen molar-refractivity contribution >= 4 is 5.69 Å². The first-order valence-corrected chi connectivity index (χ1v) is 4.79. The average Bonchev–Trinajstić information content (AvgIpc) is 2.83. The molecule has 1 aliphatic carbocycles. The normalized spacial score (nSPS) is 18.6. The molecule has 0 unspecified atom stereocenters. The highest BCUT2D eigenvalue weighted by Crippen LogP contribution is 2.39. The quantitative estimate of drug-likeness (QED) is 0.677. The molecule has 1 atom stereocenters. The third-order valence-electron chi connectivity index (χ3n) is 2.64. The van der Waals surface area contributed by atoms with Gasteiger partial charge in [0.1, 0.15) is 0 Å². The van der Waals surface area contributed by atoms with Crippen LogP contribution in [0.15, 0.2) is 18.2 Å². The standard InChI is InChI=1S/C11H16N2/c1-7-4-9(6-10(12)5-7)11(13)8-2-3-8/h4-6,8,11H,2-3,12-13H2,1H3/t11-/m0/s1. The second-order valence-electron chi connectivity index (χ2n) is 4.04. The highest BCUT2D eigenvalue weighted by Gasteiger charge is 2.29. The highest BCUT2D eigenvalue weighted by molar-refractivity contribution is 5.45. The Labute approximate surface area is 78.9 Å². The van der Waals surface area contributed by atoms with Gasteiger partial charge < -0.3 is 11.5 Å². The van der Waals surface area contributed by atoms with Gasteiger partial charge in [-0.25, -0.2) is 0 Å². The van der Waals surface area contributed by atoms with Crippen molar-refractivity contribution in [2.75, 3.05) is 5.73 Å². The molecule has 1 aromatic carbocycles. The zero-order valence-electron chi connectivity index (χ0n) is 7.96. The van der Waals surface area contributed by atoms with E-state index in [2.05, 4.69) is 13.0 Å². The Morgan fingerprint density at radius 3 is 2.54 bits per heavy atom. The predicted molar refractivity (Wildman–Crippen MR) is 55.2 cm³/mol. The molecule has 0 heterocycles. The molecule has 70 valence electrons. The summed E-state index contributed by atoms with van der Waals surface area (Å²) in [5.41, 5.74) is 15.1. The number of benzene rings is 1. The number of nitrogen functional groups attached to an aromatic ring is 1. The lowest BCUT2D eigenvalue weighted by Crippen LogP contribution is -2.12. The molecule has 1 aromatic rings. The minimum absolute atomic E-state index is 0.196. The van der Waals surface area contributed by atoms with Gasteiger partial charge in [-0.2, -0.15) is 0 Å². The summed E-state index contributed by atoms with van der Waals surface area (Å²) in [7, 11) is 0. The Balaban J connectivity index is 2.27. The molecule has 0 aliphatic heterocycles. The molecule has 0 saturated heterocycles. The van der Waals surface area contributed by atoms with E-state index in [9.17, 15) is 0 Å². The Bertz CT molecular complexity index is 296. The number of hydrogen-bond acceptors (Lipinski definition) is 2. The number of hydrogen-bond donors (Lipinski definition) is 2. The van der Waals surface area contributed by atoms with Gasteiger partial charge in [-0.1, -0.05) is 6.07 Å². The van der Waals surface area contributed by atoms with Crippen molar-refractivity contribution in [3.05, 3.63) is 29.3 Å². The molecule has 0 spiro atoms. The van der Waals surface area contributed by atoms with Crippen LogP contribution in [0.1, 0.15) is 30.0 Å². The van der Waals surface area contributed by atoms with Crippen molar-refractivity contribution in [3.63, 3.8) is 0 Å². The van der Waals surface area contributed by atoms with Crippen LogP contribution in [0, 0.1) is 12.8 Å². The Kier molecular flexibility index (Phi) is 2.00. The van der Waals surface area contributed by atoms with E-state index < -0.39 is 0 Å². The lowest BCUT2D eigenvalue weighted by Gasteiger charge is -2.12. The first-order chi connectivity index (χ1) is 6.16. The minimum Gasteiger partial charge on any atom is -0.399 e. The van der Waals surface area contributed by atoms with Gasteiger partial charge in [0.2, 0.25) is 0 Å². The number of rotatable bonds is 2. The van der Waals surface area contributed by atoms with Crippen molar-refractivity contribution in [2.45, 2.75) is 25.8 Å². The van der Waals surface area contributed by atoms with Crippen LogP contribution in [-0.4, -0.2) is 0 Å². The average molecular weight is 176 g/mol. The molecule has 13 heavy (non-hydrogen) atoms. The van der Waals surface area contributed by atoms with Crippen LogP contribution in [0.4, 0.5) is 5.69 Å². The van der Waals surface area contributed by atoms with Crippen LogP contribution in [0.25, 0.3) is 0 Å². The molecule has 0 aromatic heterocycles. The summed E-state index contributed by atoms with van der Waals surface area (Å²) < 4.78 is 0. The van der Waals surface area contributed by atoms with Gasteiger partial charge >= 0.3 is 0 Å². The fourth-order valence-electron chi connectivity index (χ4n) is 1.76. The fourth-order valence-corrected chi connectivity index (χ4v) is 1.76. The van der Waals surface area contributed by atoms with E-state index >= 15 is 0 Å². The van der Waals surface area contributed by atoms with Crippen molar-refractivity contribution in [1.29, 1.82) is 0 Å². The van der Waals surface area contributed by atoms with Crippen LogP contribution in [0.5, 0.6) is 0 Å². The van der Waals surface area contributed by atoms with Gasteiger partial charge in [0.05, 0.1) is 0 Å². The van der Waals surface area contributed by atoms with Gasteiger partial charge in [0.15, 0.2) is 0 Å². The SMILES string of the molecule is Cc1cc(N)cc([C@@H](N)C2CC2)c1. The molecule has 2 nitrogen and oxygen atoms in total. The minimum atomic E-state index is 0.196. The maximum atomic E-state index is 6.08. The topological polar surface area (TPSA) is 52.0 Å². The van der Waals surface area contributed by atoms with E-state index in [1.807, 2.05) is 12.1 Å². The van der Waals surface area contributed by atoms with Crippen LogP contribution >= 0.6 is 0 Å². The first-order valence-electron chi connectivity index (χ1n) is 4.79. The molecule has 0 radical (unpaired) electrons. The Morgan fingerprint density at radius 2 is 2.00 bits per heavy atom. The third kappa shape index (κ3) is 1.83. The molecular formula is C11H16N2. The van der Waals surface area contributed by atoms with Crippen molar-refractivity contribution in [2.24, 2.45) is 11.7 Å². The predicted octanol–water partition coefficient (Wildman–Crippen LogP) is 1.99. The van der Waals surface area contributed by atoms with Gasteiger partial charge in [-0.05, 0) is 48.9 Å². The summed E-state index contributed by atoms with van der Waals surface area (Å²) in [6.45, 7) is 2.06. The second-order valence-corrected chi connectivity index (χ2v) is 4.04. The first kappa shape index (κ1) is 8.57. The molecule has 4 N–H and O–H groups in total. The molecule has 1 fully saturated rings. The summed E-state index contributed by atoms with van der Waals surface area (Å²) >= 11 is 0. The fraction of sp³-hybridized carbons (Fsp3) is 0.455. The van der Waals surface area contributed by atoms with Crippen LogP contribution in [0.2, 0.25) is 0 Å². The van der Waals surface area contributed by atoms with Gasteiger partial charge in [0.25, 0.3) is 0 Å². The number of nitrogens with two attached hydrogens (primary N) is 2. The van der Waals surface area contributed by atoms with E-state index in [4.69, 9.17) is 11.5 Å². The van der Waals surface area contributed by atoms with Crippen LogP contribution in [0.3, 0.4) is 0 Å². The Hall–Kier alpha value is -1.02. The number of aryl methyl sites for hydroxylation is 1. The zero-order chi connectivity index (χ0) is 9.42. The number of anilines is 1. The lowest BCUT2D eigenvalue weighted by atomic mass is 10.0. The molecular weight excluding hydrogens is 160 g/mol. The Morgan fingerprint density at radius 1 is 1.31 bits per heavy atom. The summed E-state index contributed by atoms with van der Waals surface area (Å²) in [6, 6.07) is 6.31. The van der Waals surface area contributed by atoms with E-state index in [0.29, 0.717) is 5.92 Å². The summed E-state index contributed by atoms with van der Waals surface area (Å²) in [6.07, 6.45) is 2.55. The molecule has 0 bridgehead atoms. The van der Waals surface area contributed by atoms with Crippen LogP contribution in [-0.2, 0) is 0 Å². The molecule has 2 rings (SSSR count). The van der Waals surface area contributed by atoms with E-state index in [-0.39, 0.29) is 6.04 Å². The van der Waals surface area contributed by atoms with Crippen molar-refractivity contribution < 1.29 is 0 Å². The second kappa shape index (κ2) is 3.04. The van der Waals surface area contributed by atoms with Gasteiger partial charge in [-0.3, -0.25) is 0 Å². The zero-order valence-corrected chi connectivity index (χ0v) is 7.96. The molecule has 1 aliphatic rings. The largest absolute Gasteiger partial charge is 0.399 e. The van der Waals surface area contributed by atoms with Gasteiger partial charge in [-0.15, -0.1) is 0 Å². The third-order valence-corrected chi connectivity index (χ3v) is 2.64. The lowest BCUT2D eigenvalue weighted by molar-refractivity contribution is 0.633. The van der Waals surface area contributed by atoms with E-state index in [1.165, 1.54) is 24.0 Å². The summed E-state index contributed by atoms with van der Waals surface area (Å²) in [5.74, 6) is 0.696. The molecule has 1 saturated carbocycles. The van der Waals surface area contributed by atoms with Crippen molar-refractivity contribution in [1.82, 2.24) is 0 Å². The smallest absolute Gasteiger partial charge is 0.0324 e. The molecule has 0 amide bonds. The monoisotopic (exact) mass is 176 g/mol. The summed E-state index contributed by atoms with van der Waals surface area (Å²) in [5, 5.41) is 0. The van der Waals surface area contributed by atoms with Crippen molar-refractivity contribution in [3.8, 4) is 0 Å². The molecule has 2 heteroatoms. The van der Waals surface area contributed by atoms with Crippen LogP contribution < -0.4 is 11.5 Å². The van der Waals surface area contributed by atoms with E-state index in [1.54, 1.807) is 0 Å². The maximum absolute atomic E-state index is 6.08.